The number of rotatable bonds is 5. The summed E-state index contributed by atoms with van der Waals surface area (Å²) in [7, 11) is 3.13. The maximum atomic E-state index is 12.7. The Kier molecular flexibility index (Phi) is 5.52. The lowest BCUT2D eigenvalue weighted by molar-refractivity contribution is 0.00636. The molecule has 0 aliphatic carbocycles. The minimum absolute atomic E-state index is 0.230. The average Bonchev–Trinajstić information content (AvgIpc) is 3.11. The summed E-state index contributed by atoms with van der Waals surface area (Å²) in [5, 5.41) is 2.86. The molecule has 1 aliphatic heterocycles. The molecule has 2 aromatic rings. The topological polar surface area (TPSA) is 86.1 Å². The van der Waals surface area contributed by atoms with Crippen LogP contribution in [0.4, 0.5) is 10.5 Å². The fraction of sp³-hybridized carbons (Fsp3) is 0.412. The van der Waals surface area contributed by atoms with Crippen molar-refractivity contribution in [1.29, 1.82) is 0 Å². The zero-order chi connectivity index (χ0) is 17.6. The second kappa shape index (κ2) is 8.00. The van der Waals surface area contributed by atoms with Crippen molar-refractivity contribution in [3.8, 4) is 5.88 Å². The molecule has 1 fully saturated rings. The first-order valence-corrected chi connectivity index (χ1v) is 7.94. The van der Waals surface area contributed by atoms with Crippen LogP contribution < -0.4 is 10.1 Å². The molecule has 0 aromatic carbocycles. The fourth-order valence-electron chi connectivity index (χ4n) is 2.67. The third-order valence-electron chi connectivity index (χ3n) is 3.88. The Bertz CT molecular complexity index is 718. The molecule has 1 unspecified atom stereocenters. The highest BCUT2D eigenvalue weighted by molar-refractivity contribution is 5.89. The van der Waals surface area contributed by atoms with Gasteiger partial charge in [0.05, 0.1) is 20.3 Å². The Hall–Kier alpha value is -2.58. The van der Waals surface area contributed by atoms with Crippen molar-refractivity contribution in [2.75, 3.05) is 39.3 Å². The van der Waals surface area contributed by atoms with Crippen LogP contribution in [-0.2, 0) is 16.1 Å². The average molecular weight is 347 g/mol. The summed E-state index contributed by atoms with van der Waals surface area (Å²) in [4.78, 5) is 18.4. The third kappa shape index (κ3) is 4.09. The van der Waals surface area contributed by atoms with Crippen LogP contribution in [0.2, 0.25) is 0 Å². The molecule has 2 aromatic heterocycles. The first-order valence-electron chi connectivity index (χ1n) is 7.94. The van der Waals surface area contributed by atoms with E-state index < -0.39 is 0 Å². The molecular weight excluding hydrogens is 326 g/mol. The first-order chi connectivity index (χ1) is 12.2. The summed E-state index contributed by atoms with van der Waals surface area (Å²) in [6.07, 6.45) is 1.58. The Balaban J connectivity index is 1.73. The van der Waals surface area contributed by atoms with E-state index in [4.69, 9.17) is 18.6 Å². The maximum absolute atomic E-state index is 12.7. The van der Waals surface area contributed by atoms with Crippen molar-refractivity contribution < 1.29 is 23.4 Å². The van der Waals surface area contributed by atoms with E-state index in [1.165, 1.54) is 7.11 Å². The number of furan rings is 1. The maximum Gasteiger partial charge on any atom is 0.322 e. The number of ether oxygens (including phenoxy) is 3. The summed E-state index contributed by atoms with van der Waals surface area (Å²) in [5.74, 6) is 1.82. The van der Waals surface area contributed by atoms with Crippen LogP contribution in [0.5, 0.6) is 5.88 Å². The van der Waals surface area contributed by atoms with Crippen LogP contribution >= 0.6 is 0 Å². The van der Waals surface area contributed by atoms with Crippen LogP contribution in [0.1, 0.15) is 17.6 Å². The van der Waals surface area contributed by atoms with Gasteiger partial charge in [-0.1, -0.05) is 0 Å². The number of urea groups is 1. The van der Waals surface area contributed by atoms with Gasteiger partial charge >= 0.3 is 6.03 Å². The molecule has 3 heterocycles. The number of morpholine rings is 1. The zero-order valence-corrected chi connectivity index (χ0v) is 14.2. The lowest BCUT2D eigenvalue weighted by Crippen LogP contribution is -2.45. The highest BCUT2D eigenvalue weighted by Gasteiger charge is 2.31. The van der Waals surface area contributed by atoms with Crippen LogP contribution in [0.25, 0.3) is 0 Å². The minimum atomic E-state index is -0.289. The van der Waals surface area contributed by atoms with Crippen molar-refractivity contribution in [1.82, 2.24) is 9.88 Å². The number of nitrogens with one attached hydrogen (secondary N) is 1. The molecule has 8 nitrogen and oxygen atoms in total. The van der Waals surface area contributed by atoms with Gasteiger partial charge in [-0.15, -0.1) is 0 Å². The number of pyridine rings is 1. The molecule has 0 bridgehead atoms. The Labute approximate surface area is 145 Å². The summed E-state index contributed by atoms with van der Waals surface area (Å²) in [5.41, 5.74) is 0.613. The van der Waals surface area contributed by atoms with Gasteiger partial charge in [0.25, 0.3) is 0 Å². The number of hydrogen-bond acceptors (Lipinski definition) is 6. The van der Waals surface area contributed by atoms with E-state index in [2.05, 4.69) is 10.3 Å². The van der Waals surface area contributed by atoms with Gasteiger partial charge in [0.2, 0.25) is 5.88 Å². The van der Waals surface area contributed by atoms with Gasteiger partial charge in [0, 0.05) is 31.6 Å². The highest BCUT2D eigenvalue weighted by atomic mass is 16.5. The summed E-state index contributed by atoms with van der Waals surface area (Å²) in [6, 6.07) is 6.55. The van der Waals surface area contributed by atoms with E-state index in [0.717, 1.165) is 0 Å². The Morgan fingerprint density at radius 1 is 1.40 bits per heavy atom. The van der Waals surface area contributed by atoms with Gasteiger partial charge in [0.15, 0.2) is 0 Å². The number of amides is 2. The molecule has 8 heteroatoms. The number of nitrogens with zero attached hydrogens (tertiary/aromatic N) is 2. The van der Waals surface area contributed by atoms with E-state index in [1.807, 2.05) is 12.1 Å². The second-order valence-corrected chi connectivity index (χ2v) is 5.54. The number of methoxy groups -OCH3 is 2. The van der Waals surface area contributed by atoms with Crippen LogP contribution in [0, 0.1) is 0 Å². The molecule has 1 saturated heterocycles. The first kappa shape index (κ1) is 17.2. The molecule has 134 valence electrons. The molecule has 2 amide bonds. The lowest BCUT2D eigenvalue weighted by Gasteiger charge is -2.34. The quantitative estimate of drug-likeness (QED) is 0.894. The normalized spacial score (nSPS) is 17.4. The number of aromatic nitrogens is 1. The van der Waals surface area contributed by atoms with Crippen LogP contribution in [0.15, 0.2) is 34.9 Å². The molecule has 25 heavy (non-hydrogen) atoms. The van der Waals surface area contributed by atoms with Gasteiger partial charge in [-0.05, 0) is 18.2 Å². The van der Waals surface area contributed by atoms with Crippen LogP contribution in [0.3, 0.4) is 0 Å². The molecular formula is C17H21N3O5. The number of carbonyl (C=O) groups is 1. The van der Waals surface area contributed by atoms with Crippen molar-refractivity contribution in [2.24, 2.45) is 0 Å². The lowest BCUT2D eigenvalue weighted by atomic mass is 10.2. The summed E-state index contributed by atoms with van der Waals surface area (Å²) < 4.78 is 21.4. The Morgan fingerprint density at radius 3 is 3.08 bits per heavy atom. The minimum Gasteiger partial charge on any atom is -0.481 e. The number of hydrogen-bond donors (Lipinski definition) is 1. The monoisotopic (exact) mass is 347 g/mol. The van der Waals surface area contributed by atoms with Gasteiger partial charge in [-0.25, -0.2) is 9.78 Å². The van der Waals surface area contributed by atoms with E-state index in [0.29, 0.717) is 49.5 Å². The molecule has 0 spiro atoms. The third-order valence-corrected chi connectivity index (χ3v) is 3.88. The molecule has 1 atom stereocenters. The molecule has 3 rings (SSSR count). The predicted molar refractivity (Wildman–Crippen MR) is 89.5 cm³/mol. The van der Waals surface area contributed by atoms with Crippen LogP contribution in [-0.4, -0.2) is 49.9 Å². The van der Waals surface area contributed by atoms with Gasteiger partial charge in [-0.2, -0.15) is 0 Å². The smallest absolute Gasteiger partial charge is 0.322 e. The van der Waals surface area contributed by atoms with Crippen molar-refractivity contribution in [2.45, 2.75) is 12.6 Å². The molecule has 1 N–H and O–H groups in total. The fourth-order valence-corrected chi connectivity index (χ4v) is 2.67. The molecule has 1 aliphatic rings. The standard InChI is InChI=1S/C17H21N3O5/c1-22-10-13-3-4-15(25-13)14-11-24-8-7-20(14)17(21)19-12-5-6-18-16(9-12)23-2/h3-6,9,14H,7-8,10-11H2,1-2H3,(H,18,19,21). The zero-order valence-electron chi connectivity index (χ0n) is 14.2. The largest absolute Gasteiger partial charge is 0.481 e. The van der Waals surface area contributed by atoms with Crippen molar-refractivity contribution in [3.63, 3.8) is 0 Å². The number of carbonyl (C=O) groups excluding carboxylic acids is 1. The van der Waals surface area contributed by atoms with E-state index in [9.17, 15) is 4.79 Å². The van der Waals surface area contributed by atoms with Crippen molar-refractivity contribution >= 4 is 11.7 Å². The number of anilines is 1. The van der Waals surface area contributed by atoms with E-state index in [-0.39, 0.29) is 12.1 Å². The van der Waals surface area contributed by atoms with Gasteiger partial charge in [-0.3, -0.25) is 0 Å². The van der Waals surface area contributed by atoms with Gasteiger partial charge < -0.3 is 28.8 Å². The summed E-state index contributed by atoms with van der Waals surface area (Å²) in [6.45, 7) is 1.72. The van der Waals surface area contributed by atoms with Crippen molar-refractivity contribution in [3.05, 3.63) is 42.0 Å². The summed E-state index contributed by atoms with van der Waals surface area (Å²) >= 11 is 0. The predicted octanol–water partition coefficient (Wildman–Crippen LogP) is 2.44. The van der Waals surface area contributed by atoms with Gasteiger partial charge in [0.1, 0.15) is 24.2 Å². The molecule has 0 saturated carbocycles. The highest BCUT2D eigenvalue weighted by Crippen LogP contribution is 2.27. The Morgan fingerprint density at radius 2 is 2.28 bits per heavy atom. The molecule has 0 radical (unpaired) electrons. The van der Waals surface area contributed by atoms with E-state index in [1.54, 1.807) is 30.3 Å². The SMILES string of the molecule is COCc1ccc(C2COCCN2C(=O)Nc2ccnc(OC)c2)o1. The second-order valence-electron chi connectivity index (χ2n) is 5.54. The van der Waals surface area contributed by atoms with E-state index >= 15 is 0 Å².